The highest BCUT2D eigenvalue weighted by Gasteiger charge is 2.25. The molecule has 156 valence electrons. The van der Waals surface area contributed by atoms with Crippen LogP contribution in [0.3, 0.4) is 0 Å². The minimum atomic E-state index is 0.978. The quantitative estimate of drug-likeness (QED) is 0.519. The van der Waals surface area contributed by atoms with Gasteiger partial charge in [0.2, 0.25) is 0 Å². The van der Waals surface area contributed by atoms with Crippen LogP contribution in [0, 0.1) is 0 Å². The van der Waals surface area contributed by atoms with Crippen LogP contribution in [0.4, 0.5) is 0 Å². The number of unbranched alkanes of at least 4 members (excludes halogenated alkanes) is 3. The van der Waals surface area contributed by atoms with E-state index in [2.05, 4.69) is 44.2 Å². The molecule has 0 fully saturated rings. The fraction of sp³-hybridized carbons (Fsp3) is 0.464. The molecule has 1 nitrogen and oxygen atoms in total. The van der Waals surface area contributed by atoms with Crippen molar-refractivity contribution in [2.24, 2.45) is 4.99 Å². The van der Waals surface area contributed by atoms with Crippen LogP contribution in [-0.4, -0.2) is 17.3 Å². The average Bonchev–Trinajstić information content (AvgIpc) is 3.30. The number of rotatable bonds is 6. The molecule has 30 heavy (non-hydrogen) atoms. The smallest absolute Gasteiger partial charge is 0.0980 e. The van der Waals surface area contributed by atoms with Gasteiger partial charge in [-0.15, -0.1) is 11.8 Å². The van der Waals surface area contributed by atoms with E-state index >= 15 is 0 Å². The van der Waals surface area contributed by atoms with Crippen LogP contribution in [0.1, 0.15) is 76.3 Å². The van der Waals surface area contributed by atoms with Gasteiger partial charge >= 0.3 is 0 Å². The number of aryl methyl sites for hydroxylation is 1. The SMILES string of the molecule is CCCCCCc1cc2c(cc1C1=NCCS1)=CCC1=C3CC=C(C)C=C3CCC=21. The van der Waals surface area contributed by atoms with E-state index in [1.807, 2.05) is 11.8 Å². The third-order valence-electron chi connectivity index (χ3n) is 7.03. The molecular weight excluding hydrogens is 382 g/mol. The van der Waals surface area contributed by atoms with Crippen molar-refractivity contribution >= 4 is 28.5 Å². The Morgan fingerprint density at radius 2 is 1.87 bits per heavy atom. The number of hydrogen-bond donors (Lipinski definition) is 0. The number of nitrogens with zero attached hydrogens (tertiary/aromatic N) is 1. The zero-order chi connectivity index (χ0) is 20.5. The predicted octanol–water partition coefficient (Wildman–Crippen LogP) is 6.00. The van der Waals surface area contributed by atoms with Crippen molar-refractivity contribution in [3.05, 3.63) is 68.1 Å². The molecule has 0 amide bonds. The Bertz CT molecular complexity index is 1110. The maximum absolute atomic E-state index is 4.84. The highest BCUT2D eigenvalue weighted by atomic mass is 32.2. The van der Waals surface area contributed by atoms with Gasteiger partial charge in [-0.05, 0) is 89.8 Å². The zero-order valence-electron chi connectivity index (χ0n) is 18.5. The topological polar surface area (TPSA) is 12.4 Å². The lowest BCUT2D eigenvalue weighted by Crippen LogP contribution is -2.34. The van der Waals surface area contributed by atoms with Crippen LogP contribution in [0.15, 0.2) is 51.6 Å². The maximum Gasteiger partial charge on any atom is 0.0980 e. The molecule has 2 heteroatoms. The third-order valence-corrected chi connectivity index (χ3v) is 8.04. The number of fused-ring (bicyclic) bond motifs is 3. The fourth-order valence-electron chi connectivity index (χ4n) is 5.44. The first-order valence-corrected chi connectivity index (χ1v) is 12.9. The molecular formula is C28H33NS. The van der Waals surface area contributed by atoms with Gasteiger partial charge in [-0.25, -0.2) is 0 Å². The van der Waals surface area contributed by atoms with Gasteiger partial charge < -0.3 is 0 Å². The standard InChI is InChI=1S/C28H33NS/c1-3-4-5-6-7-20-17-26-22(18-27(20)28-29-14-15-30-28)10-12-24-23-11-8-19(2)16-21(23)9-13-25(24)26/h8,10,16-18H,3-7,9,11-15H2,1-2H3. The molecule has 0 spiro atoms. The second kappa shape index (κ2) is 8.75. The minimum Gasteiger partial charge on any atom is -0.277 e. The molecule has 4 aliphatic rings. The summed E-state index contributed by atoms with van der Waals surface area (Å²) in [4.78, 5) is 4.84. The molecule has 1 aliphatic heterocycles. The van der Waals surface area contributed by atoms with E-state index in [4.69, 9.17) is 4.99 Å². The first-order valence-electron chi connectivity index (χ1n) is 11.9. The van der Waals surface area contributed by atoms with E-state index in [1.54, 1.807) is 22.3 Å². The van der Waals surface area contributed by atoms with Crippen LogP contribution in [-0.2, 0) is 6.42 Å². The normalized spacial score (nSPS) is 20.1. The lowest BCUT2D eigenvalue weighted by molar-refractivity contribution is 0.666. The van der Waals surface area contributed by atoms with Crippen LogP contribution in [0.2, 0.25) is 0 Å². The van der Waals surface area contributed by atoms with Gasteiger partial charge in [-0.1, -0.05) is 56.1 Å². The molecule has 0 N–H and O–H groups in total. The monoisotopic (exact) mass is 415 g/mol. The number of benzene rings is 1. The van der Waals surface area contributed by atoms with Gasteiger partial charge in [0.1, 0.15) is 0 Å². The summed E-state index contributed by atoms with van der Waals surface area (Å²) in [6.07, 6.45) is 18.4. The number of allylic oxidation sites excluding steroid dienone is 6. The molecule has 0 atom stereocenters. The van der Waals surface area contributed by atoms with Crippen LogP contribution in [0.25, 0.3) is 11.6 Å². The van der Waals surface area contributed by atoms with Crippen molar-refractivity contribution in [1.29, 1.82) is 0 Å². The van der Waals surface area contributed by atoms with Crippen LogP contribution >= 0.6 is 11.8 Å². The van der Waals surface area contributed by atoms with Crippen molar-refractivity contribution in [2.45, 2.75) is 71.6 Å². The minimum absolute atomic E-state index is 0.978. The summed E-state index contributed by atoms with van der Waals surface area (Å²) >= 11 is 1.95. The Hall–Kier alpha value is -1.80. The molecule has 1 aromatic carbocycles. The Kier molecular flexibility index (Phi) is 5.87. The molecule has 1 heterocycles. The second-order valence-electron chi connectivity index (χ2n) is 9.11. The molecule has 0 radical (unpaired) electrons. The summed E-state index contributed by atoms with van der Waals surface area (Å²) < 4.78 is 0. The largest absolute Gasteiger partial charge is 0.277 e. The lowest BCUT2D eigenvalue weighted by atomic mass is 9.75. The van der Waals surface area contributed by atoms with E-state index in [9.17, 15) is 0 Å². The van der Waals surface area contributed by atoms with Gasteiger partial charge in [-0.3, -0.25) is 4.99 Å². The van der Waals surface area contributed by atoms with Gasteiger partial charge in [-0.2, -0.15) is 0 Å². The lowest BCUT2D eigenvalue weighted by Gasteiger charge is -2.29. The van der Waals surface area contributed by atoms with Crippen molar-refractivity contribution in [3.63, 3.8) is 0 Å². The van der Waals surface area contributed by atoms with E-state index in [0.29, 0.717) is 0 Å². The van der Waals surface area contributed by atoms with E-state index in [-0.39, 0.29) is 0 Å². The predicted molar refractivity (Wildman–Crippen MR) is 133 cm³/mol. The van der Waals surface area contributed by atoms with E-state index in [0.717, 1.165) is 25.1 Å². The Morgan fingerprint density at radius 1 is 0.967 bits per heavy atom. The molecule has 3 aliphatic carbocycles. The van der Waals surface area contributed by atoms with E-state index in [1.165, 1.54) is 77.1 Å². The Labute approximate surface area is 185 Å². The molecule has 0 bridgehead atoms. The van der Waals surface area contributed by atoms with Crippen molar-refractivity contribution in [3.8, 4) is 0 Å². The highest BCUT2D eigenvalue weighted by Crippen LogP contribution is 2.41. The molecule has 0 unspecified atom stereocenters. The van der Waals surface area contributed by atoms with Crippen LogP contribution in [0.5, 0.6) is 0 Å². The fourth-order valence-corrected chi connectivity index (χ4v) is 6.35. The first kappa shape index (κ1) is 20.1. The molecule has 0 aromatic heterocycles. The summed E-state index contributed by atoms with van der Waals surface area (Å²) in [6.45, 7) is 5.52. The number of aliphatic imine (C=N–C) groups is 1. The molecule has 0 saturated carbocycles. The van der Waals surface area contributed by atoms with Gasteiger partial charge in [0.15, 0.2) is 0 Å². The molecule has 1 aromatic rings. The zero-order valence-corrected chi connectivity index (χ0v) is 19.3. The Balaban J connectivity index is 1.61. The van der Waals surface area contributed by atoms with Gasteiger partial charge in [0.05, 0.1) is 5.04 Å². The summed E-state index contributed by atoms with van der Waals surface area (Å²) in [7, 11) is 0. The second-order valence-corrected chi connectivity index (χ2v) is 10.2. The summed E-state index contributed by atoms with van der Waals surface area (Å²) in [5.41, 5.74) is 10.9. The van der Waals surface area contributed by atoms with E-state index < -0.39 is 0 Å². The van der Waals surface area contributed by atoms with Gasteiger partial charge in [0.25, 0.3) is 0 Å². The Morgan fingerprint density at radius 3 is 2.70 bits per heavy atom. The summed E-state index contributed by atoms with van der Waals surface area (Å²) in [6, 6.07) is 5.04. The van der Waals surface area contributed by atoms with Crippen molar-refractivity contribution < 1.29 is 0 Å². The number of thioether (sulfide) groups is 1. The molecule has 0 saturated heterocycles. The van der Waals surface area contributed by atoms with Crippen LogP contribution < -0.4 is 10.4 Å². The average molecular weight is 416 g/mol. The highest BCUT2D eigenvalue weighted by molar-refractivity contribution is 8.14. The third kappa shape index (κ3) is 3.80. The first-order chi connectivity index (χ1) is 14.7. The van der Waals surface area contributed by atoms with Gasteiger partial charge in [0, 0.05) is 17.9 Å². The molecule has 5 rings (SSSR count). The maximum atomic E-state index is 4.84. The van der Waals surface area contributed by atoms with Crippen molar-refractivity contribution in [1.82, 2.24) is 0 Å². The number of hydrogen-bond acceptors (Lipinski definition) is 2. The van der Waals surface area contributed by atoms with Crippen molar-refractivity contribution in [2.75, 3.05) is 12.3 Å². The summed E-state index contributed by atoms with van der Waals surface area (Å²) in [5.74, 6) is 1.14. The summed E-state index contributed by atoms with van der Waals surface area (Å²) in [5, 5.41) is 4.26.